The Balaban J connectivity index is 1.77. The molecule has 1 aliphatic rings. The van der Waals surface area contributed by atoms with Crippen LogP contribution in [0.5, 0.6) is 5.75 Å². The van der Waals surface area contributed by atoms with Gasteiger partial charge in [0.25, 0.3) is 0 Å². The molecular formula is C18H26Cl2O. The molecule has 1 aromatic rings. The van der Waals surface area contributed by atoms with Crippen LogP contribution in [0.25, 0.3) is 0 Å². The highest BCUT2D eigenvalue weighted by Gasteiger charge is 2.21. The first kappa shape index (κ1) is 17.0. The standard InChI is InChI=1S/C18H26Cl2O/c1-2-3-4-5-6-7-8-9-17(20)16-13-15(19)12-14-10-11-21-18(14)16/h12-13,17H,2-11H2,1H3. The van der Waals surface area contributed by atoms with Crippen LogP contribution in [0.2, 0.25) is 5.02 Å². The van der Waals surface area contributed by atoms with Crippen LogP contribution >= 0.6 is 23.2 Å². The molecule has 1 nitrogen and oxygen atoms in total. The third-order valence-corrected chi connectivity index (χ3v) is 4.85. The number of halogens is 2. The van der Waals surface area contributed by atoms with Crippen molar-refractivity contribution in [2.24, 2.45) is 0 Å². The van der Waals surface area contributed by atoms with E-state index in [0.717, 1.165) is 35.8 Å². The molecule has 118 valence electrons. The molecule has 0 radical (unpaired) electrons. The molecule has 0 N–H and O–H groups in total. The van der Waals surface area contributed by atoms with Crippen LogP contribution in [0.1, 0.15) is 74.8 Å². The van der Waals surface area contributed by atoms with Crippen molar-refractivity contribution < 1.29 is 4.74 Å². The lowest BCUT2D eigenvalue weighted by atomic mass is 10.0. The number of unbranched alkanes of at least 4 members (excludes halogenated alkanes) is 6. The van der Waals surface area contributed by atoms with Gasteiger partial charge in [0.2, 0.25) is 0 Å². The summed E-state index contributed by atoms with van der Waals surface area (Å²) in [6.45, 7) is 3.01. The van der Waals surface area contributed by atoms with E-state index < -0.39 is 0 Å². The summed E-state index contributed by atoms with van der Waals surface area (Å²) >= 11 is 12.8. The van der Waals surface area contributed by atoms with Crippen molar-refractivity contribution >= 4 is 23.2 Å². The van der Waals surface area contributed by atoms with E-state index in [1.807, 2.05) is 12.1 Å². The lowest BCUT2D eigenvalue weighted by Gasteiger charge is -2.14. The van der Waals surface area contributed by atoms with Crippen molar-refractivity contribution in [3.05, 3.63) is 28.3 Å². The van der Waals surface area contributed by atoms with Gasteiger partial charge >= 0.3 is 0 Å². The average molecular weight is 329 g/mol. The Morgan fingerprint density at radius 2 is 1.81 bits per heavy atom. The minimum Gasteiger partial charge on any atom is -0.493 e. The number of rotatable bonds is 9. The van der Waals surface area contributed by atoms with Crippen LogP contribution in [-0.2, 0) is 6.42 Å². The van der Waals surface area contributed by atoms with Crippen molar-refractivity contribution in [2.75, 3.05) is 6.61 Å². The molecular weight excluding hydrogens is 303 g/mol. The molecule has 21 heavy (non-hydrogen) atoms. The van der Waals surface area contributed by atoms with Gasteiger partial charge in [-0.05, 0) is 24.1 Å². The molecule has 3 heteroatoms. The Bertz CT molecular complexity index is 445. The smallest absolute Gasteiger partial charge is 0.127 e. The quantitative estimate of drug-likeness (QED) is 0.362. The summed E-state index contributed by atoms with van der Waals surface area (Å²) in [5, 5.41) is 0.797. The fourth-order valence-corrected chi connectivity index (χ4v) is 3.53. The van der Waals surface area contributed by atoms with E-state index in [2.05, 4.69) is 6.92 Å². The zero-order valence-electron chi connectivity index (χ0n) is 13.0. The maximum atomic E-state index is 6.59. The second kappa shape index (κ2) is 8.90. The van der Waals surface area contributed by atoms with Crippen molar-refractivity contribution in [2.45, 2.75) is 70.1 Å². The molecule has 0 bridgehead atoms. The zero-order valence-corrected chi connectivity index (χ0v) is 14.5. The SMILES string of the molecule is CCCCCCCCCC(Cl)c1cc(Cl)cc2c1OCC2. The molecule has 1 aliphatic heterocycles. The van der Waals surface area contributed by atoms with Crippen LogP contribution in [0.4, 0.5) is 0 Å². The number of hydrogen-bond donors (Lipinski definition) is 0. The van der Waals surface area contributed by atoms with Crippen LogP contribution in [0.3, 0.4) is 0 Å². The minimum absolute atomic E-state index is 0.0196. The average Bonchev–Trinajstić information content (AvgIpc) is 2.93. The first-order chi connectivity index (χ1) is 10.2. The van der Waals surface area contributed by atoms with E-state index in [1.54, 1.807) is 0 Å². The highest BCUT2D eigenvalue weighted by atomic mass is 35.5. The molecule has 1 unspecified atom stereocenters. The van der Waals surface area contributed by atoms with Gasteiger partial charge in [-0.15, -0.1) is 11.6 Å². The van der Waals surface area contributed by atoms with Crippen molar-refractivity contribution in [3.8, 4) is 5.75 Å². The number of benzene rings is 1. The minimum atomic E-state index is 0.0196. The molecule has 0 fully saturated rings. The largest absolute Gasteiger partial charge is 0.493 e. The highest BCUT2D eigenvalue weighted by molar-refractivity contribution is 6.31. The highest BCUT2D eigenvalue weighted by Crippen LogP contribution is 2.40. The molecule has 0 saturated carbocycles. The van der Waals surface area contributed by atoms with Gasteiger partial charge in [-0.1, -0.05) is 63.5 Å². The lowest BCUT2D eigenvalue weighted by molar-refractivity contribution is 0.352. The molecule has 1 aromatic carbocycles. The Kier molecular flexibility index (Phi) is 7.19. The Hall–Kier alpha value is -0.400. The van der Waals surface area contributed by atoms with Crippen LogP contribution < -0.4 is 4.74 Å². The second-order valence-corrected chi connectivity index (χ2v) is 6.92. The summed E-state index contributed by atoms with van der Waals surface area (Å²) in [6, 6.07) is 3.98. The summed E-state index contributed by atoms with van der Waals surface area (Å²) in [4.78, 5) is 0. The molecule has 0 aliphatic carbocycles. The molecule has 0 aromatic heterocycles. The number of hydrogen-bond acceptors (Lipinski definition) is 1. The van der Waals surface area contributed by atoms with Gasteiger partial charge in [0.1, 0.15) is 5.75 Å². The van der Waals surface area contributed by atoms with Crippen LogP contribution in [-0.4, -0.2) is 6.61 Å². The van der Waals surface area contributed by atoms with Gasteiger partial charge in [0.15, 0.2) is 0 Å². The van der Waals surface area contributed by atoms with Crippen molar-refractivity contribution in [1.82, 2.24) is 0 Å². The van der Waals surface area contributed by atoms with E-state index >= 15 is 0 Å². The fraction of sp³-hybridized carbons (Fsp3) is 0.667. The third kappa shape index (κ3) is 5.07. The Labute approximate surface area is 139 Å². The molecule has 0 saturated heterocycles. The predicted molar refractivity (Wildman–Crippen MR) is 91.9 cm³/mol. The van der Waals surface area contributed by atoms with E-state index in [-0.39, 0.29) is 5.38 Å². The van der Waals surface area contributed by atoms with Gasteiger partial charge in [0, 0.05) is 17.0 Å². The number of fused-ring (bicyclic) bond motifs is 1. The maximum Gasteiger partial charge on any atom is 0.127 e. The van der Waals surface area contributed by atoms with E-state index in [1.165, 1.54) is 50.5 Å². The summed E-state index contributed by atoms with van der Waals surface area (Å²) in [7, 11) is 0. The van der Waals surface area contributed by atoms with Crippen molar-refractivity contribution in [1.29, 1.82) is 0 Å². The van der Waals surface area contributed by atoms with Gasteiger partial charge < -0.3 is 4.74 Å². The molecule has 2 rings (SSSR count). The van der Waals surface area contributed by atoms with E-state index in [4.69, 9.17) is 27.9 Å². The Morgan fingerprint density at radius 1 is 1.10 bits per heavy atom. The van der Waals surface area contributed by atoms with Gasteiger partial charge in [-0.25, -0.2) is 0 Å². The van der Waals surface area contributed by atoms with Crippen molar-refractivity contribution in [3.63, 3.8) is 0 Å². The van der Waals surface area contributed by atoms with E-state index in [0.29, 0.717) is 0 Å². The van der Waals surface area contributed by atoms with Crippen LogP contribution in [0, 0.1) is 0 Å². The second-order valence-electron chi connectivity index (χ2n) is 5.96. The Morgan fingerprint density at radius 3 is 2.57 bits per heavy atom. The van der Waals surface area contributed by atoms with Gasteiger partial charge in [-0.2, -0.15) is 0 Å². The first-order valence-electron chi connectivity index (χ1n) is 8.31. The van der Waals surface area contributed by atoms with Gasteiger partial charge in [0.05, 0.1) is 12.0 Å². The molecule has 0 amide bonds. The number of alkyl halides is 1. The van der Waals surface area contributed by atoms with E-state index in [9.17, 15) is 0 Å². The van der Waals surface area contributed by atoms with Crippen LogP contribution in [0.15, 0.2) is 12.1 Å². The number of ether oxygens (including phenoxy) is 1. The third-order valence-electron chi connectivity index (χ3n) is 4.18. The lowest BCUT2D eigenvalue weighted by Crippen LogP contribution is -1.96. The maximum absolute atomic E-state index is 6.59. The normalized spacial score (nSPS) is 14.8. The first-order valence-corrected chi connectivity index (χ1v) is 9.13. The molecule has 1 atom stereocenters. The predicted octanol–water partition coefficient (Wildman–Crippen LogP) is 6.70. The van der Waals surface area contributed by atoms with Gasteiger partial charge in [-0.3, -0.25) is 0 Å². The summed E-state index contributed by atoms with van der Waals surface area (Å²) < 4.78 is 5.73. The fourth-order valence-electron chi connectivity index (χ4n) is 2.97. The topological polar surface area (TPSA) is 9.23 Å². The molecule has 1 heterocycles. The molecule has 0 spiro atoms. The zero-order chi connectivity index (χ0) is 15.1. The summed E-state index contributed by atoms with van der Waals surface area (Å²) in [5.74, 6) is 0.988. The summed E-state index contributed by atoms with van der Waals surface area (Å²) in [6.07, 6.45) is 11.1. The monoisotopic (exact) mass is 328 g/mol. The summed E-state index contributed by atoms with van der Waals surface area (Å²) in [5.41, 5.74) is 2.30.